The van der Waals surface area contributed by atoms with Crippen LogP contribution in [0.1, 0.15) is 36.5 Å². The number of nitrogens with zero attached hydrogens (tertiary/aromatic N) is 4. The Labute approximate surface area is 184 Å². The number of aryl methyl sites for hydroxylation is 1. The van der Waals surface area contributed by atoms with Crippen LogP contribution in [0, 0.1) is 0 Å². The third-order valence-electron chi connectivity index (χ3n) is 6.52. The first-order chi connectivity index (χ1) is 15.2. The standard InChI is InChI=1S/C26H30N4O/c1-2-20-9-11-22(12-10-20)18-30-25(31)23-19-28(17-21-7-4-3-5-8-21)16-13-24(23)29-15-6-14-27-26(29)30/h3-5,7-12H,2,6,13-19H2,1H3. The van der Waals surface area contributed by atoms with Crippen LogP contribution in [0.25, 0.3) is 0 Å². The third-order valence-corrected chi connectivity index (χ3v) is 6.52. The number of amides is 1. The molecule has 5 heteroatoms. The van der Waals surface area contributed by atoms with Crippen LogP contribution in [0.4, 0.5) is 0 Å². The van der Waals surface area contributed by atoms with Crippen LogP contribution in [-0.4, -0.2) is 52.7 Å². The number of benzene rings is 2. The van der Waals surface area contributed by atoms with Crippen molar-refractivity contribution in [3.63, 3.8) is 0 Å². The first-order valence-corrected chi connectivity index (χ1v) is 11.4. The second kappa shape index (κ2) is 8.67. The van der Waals surface area contributed by atoms with E-state index in [2.05, 4.69) is 65.3 Å². The summed E-state index contributed by atoms with van der Waals surface area (Å²) in [5, 5.41) is 0. The largest absolute Gasteiger partial charge is 0.315 e. The van der Waals surface area contributed by atoms with E-state index in [4.69, 9.17) is 4.99 Å². The van der Waals surface area contributed by atoms with Gasteiger partial charge in [-0.15, -0.1) is 0 Å². The van der Waals surface area contributed by atoms with Crippen LogP contribution >= 0.6 is 0 Å². The van der Waals surface area contributed by atoms with Crippen LogP contribution in [0.5, 0.6) is 0 Å². The van der Waals surface area contributed by atoms with Gasteiger partial charge in [-0.2, -0.15) is 0 Å². The average molecular weight is 415 g/mol. The van der Waals surface area contributed by atoms with E-state index in [1.807, 2.05) is 11.0 Å². The van der Waals surface area contributed by atoms with Gasteiger partial charge in [-0.25, -0.2) is 0 Å². The average Bonchev–Trinajstić information content (AvgIpc) is 2.83. The Morgan fingerprint density at radius 3 is 2.42 bits per heavy atom. The van der Waals surface area contributed by atoms with Gasteiger partial charge in [-0.05, 0) is 29.5 Å². The van der Waals surface area contributed by atoms with Gasteiger partial charge >= 0.3 is 0 Å². The van der Waals surface area contributed by atoms with E-state index in [0.717, 1.165) is 62.5 Å². The second-order valence-corrected chi connectivity index (χ2v) is 8.62. The molecule has 0 aromatic heterocycles. The number of fused-ring (bicyclic) bond motifs is 2. The molecular formula is C26H30N4O. The third kappa shape index (κ3) is 4.02. The number of rotatable bonds is 5. The number of hydrogen-bond donors (Lipinski definition) is 0. The zero-order valence-electron chi connectivity index (χ0n) is 18.3. The number of guanidine groups is 1. The number of carbonyl (C=O) groups excluding carboxylic acids is 1. The van der Waals surface area contributed by atoms with Gasteiger partial charge in [0.2, 0.25) is 5.96 Å². The van der Waals surface area contributed by atoms with Crippen molar-refractivity contribution in [3.05, 3.63) is 82.6 Å². The van der Waals surface area contributed by atoms with Gasteiger partial charge in [0.05, 0.1) is 12.1 Å². The van der Waals surface area contributed by atoms with Gasteiger partial charge in [0.1, 0.15) is 0 Å². The molecule has 2 aromatic rings. The Morgan fingerprint density at radius 2 is 1.65 bits per heavy atom. The minimum absolute atomic E-state index is 0.129. The molecule has 2 aromatic carbocycles. The Balaban J connectivity index is 1.41. The van der Waals surface area contributed by atoms with E-state index in [-0.39, 0.29) is 5.91 Å². The molecule has 0 saturated carbocycles. The van der Waals surface area contributed by atoms with E-state index in [1.54, 1.807) is 0 Å². The summed E-state index contributed by atoms with van der Waals surface area (Å²) in [6.45, 7) is 7.05. The molecule has 0 radical (unpaired) electrons. The Kier molecular flexibility index (Phi) is 5.60. The first kappa shape index (κ1) is 20.0. The summed E-state index contributed by atoms with van der Waals surface area (Å²) < 4.78 is 0. The molecule has 0 N–H and O–H groups in total. The van der Waals surface area contributed by atoms with Crippen LogP contribution in [0.15, 0.2) is 70.9 Å². The summed E-state index contributed by atoms with van der Waals surface area (Å²) >= 11 is 0. The lowest BCUT2D eigenvalue weighted by Gasteiger charge is -2.45. The van der Waals surface area contributed by atoms with Crippen molar-refractivity contribution in [1.82, 2.24) is 14.7 Å². The first-order valence-electron chi connectivity index (χ1n) is 11.4. The van der Waals surface area contributed by atoms with Gasteiger partial charge in [0, 0.05) is 44.8 Å². The molecule has 3 aliphatic rings. The molecule has 3 heterocycles. The maximum Gasteiger partial charge on any atom is 0.259 e. The normalized spacial score (nSPS) is 19.3. The van der Waals surface area contributed by atoms with Crippen LogP contribution in [-0.2, 0) is 24.3 Å². The molecule has 31 heavy (non-hydrogen) atoms. The minimum atomic E-state index is 0.129. The quantitative estimate of drug-likeness (QED) is 0.747. The van der Waals surface area contributed by atoms with E-state index >= 15 is 0 Å². The van der Waals surface area contributed by atoms with Crippen molar-refractivity contribution in [3.8, 4) is 0 Å². The lowest BCUT2D eigenvalue weighted by Crippen LogP contribution is -2.56. The monoisotopic (exact) mass is 414 g/mol. The lowest BCUT2D eigenvalue weighted by atomic mass is 9.99. The summed E-state index contributed by atoms with van der Waals surface area (Å²) in [4.78, 5) is 25.1. The zero-order chi connectivity index (χ0) is 21.2. The predicted octanol–water partition coefficient (Wildman–Crippen LogP) is 3.81. The molecule has 5 rings (SSSR count). The fourth-order valence-corrected chi connectivity index (χ4v) is 4.81. The van der Waals surface area contributed by atoms with Crippen molar-refractivity contribution < 1.29 is 4.79 Å². The van der Waals surface area contributed by atoms with Crippen molar-refractivity contribution in [1.29, 1.82) is 0 Å². The molecule has 0 saturated heterocycles. The summed E-state index contributed by atoms with van der Waals surface area (Å²) in [5.41, 5.74) is 5.92. The van der Waals surface area contributed by atoms with Crippen molar-refractivity contribution in [2.24, 2.45) is 4.99 Å². The summed E-state index contributed by atoms with van der Waals surface area (Å²) in [7, 11) is 0. The maximum atomic E-state index is 13.7. The van der Waals surface area contributed by atoms with Gasteiger partial charge in [0.15, 0.2) is 0 Å². The fraction of sp³-hybridized carbons (Fsp3) is 0.385. The molecule has 0 fully saturated rings. The van der Waals surface area contributed by atoms with Crippen molar-refractivity contribution in [2.45, 2.75) is 39.3 Å². The number of hydrogen-bond acceptors (Lipinski definition) is 4. The highest BCUT2D eigenvalue weighted by molar-refractivity contribution is 6.09. The molecule has 3 aliphatic heterocycles. The van der Waals surface area contributed by atoms with Gasteiger partial charge in [-0.3, -0.25) is 19.6 Å². The van der Waals surface area contributed by atoms with Crippen molar-refractivity contribution >= 4 is 11.9 Å². The lowest BCUT2D eigenvalue weighted by molar-refractivity contribution is -0.125. The van der Waals surface area contributed by atoms with E-state index in [1.165, 1.54) is 16.8 Å². The van der Waals surface area contributed by atoms with Gasteiger partial charge < -0.3 is 4.90 Å². The molecule has 1 amide bonds. The second-order valence-electron chi connectivity index (χ2n) is 8.62. The molecule has 5 nitrogen and oxygen atoms in total. The number of aliphatic imine (C=N–C) groups is 1. The van der Waals surface area contributed by atoms with Crippen LogP contribution < -0.4 is 0 Å². The number of carbonyl (C=O) groups is 1. The maximum absolute atomic E-state index is 13.7. The Bertz CT molecular complexity index is 1010. The van der Waals surface area contributed by atoms with E-state index in [0.29, 0.717) is 13.1 Å². The fourth-order valence-electron chi connectivity index (χ4n) is 4.81. The SMILES string of the molecule is CCc1ccc(CN2C(=O)C3=C(CCN(Cc4ccccc4)C3)N3CCCN=C23)cc1. The Hall–Kier alpha value is -2.92. The molecule has 0 spiro atoms. The molecule has 160 valence electrons. The van der Waals surface area contributed by atoms with E-state index in [9.17, 15) is 4.79 Å². The van der Waals surface area contributed by atoms with Crippen molar-refractivity contribution in [2.75, 3.05) is 26.2 Å². The molecule has 0 aliphatic carbocycles. The smallest absolute Gasteiger partial charge is 0.259 e. The minimum Gasteiger partial charge on any atom is -0.315 e. The Morgan fingerprint density at radius 1 is 0.903 bits per heavy atom. The highest BCUT2D eigenvalue weighted by Crippen LogP contribution is 2.32. The highest BCUT2D eigenvalue weighted by atomic mass is 16.2. The van der Waals surface area contributed by atoms with Gasteiger partial charge in [-0.1, -0.05) is 61.5 Å². The summed E-state index contributed by atoms with van der Waals surface area (Å²) in [6.07, 6.45) is 2.98. The van der Waals surface area contributed by atoms with Gasteiger partial charge in [0.25, 0.3) is 5.91 Å². The topological polar surface area (TPSA) is 39.2 Å². The van der Waals surface area contributed by atoms with Crippen LogP contribution in [0.3, 0.4) is 0 Å². The molecule has 0 atom stereocenters. The predicted molar refractivity (Wildman–Crippen MR) is 123 cm³/mol. The van der Waals surface area contributed by atoms with Crippen LogP contribution in [0.2, 0.25) is 0 Å². The summed E-state index contributed by atoms with van der Waals surface area (Å²) in [6, 6.07) is 19.2. The molecule has 0 unspecified atom stereocenters. The summed E-state index contributed by atoms with van der Waals surface area (Å²) in [5.74, 6) is 0.982. The zero-order valence-corrected chi connectivity index (χ0v) is 18.3. The van der Waals surface area contributed by atoms with E-state index < -0.39 is 0 Å². The molecule has 0 bridgehead atoms. The highest BCUT2D eigenvalue weighted by Gasteiger charge is 2.40. The molecular weight excluding hydrogens is 384 g/mol.